The zero-order valence-electron chi connectivity index (χ0n) is 11.1. The van der Waals surface area contributed by atoms with Gasteiger partial charge in [-0.3, -0.25) is 4.90 Å². The van der Waals surface area contributed by atoms with Gasteiger partial charge in [-0.1, -0.05) is 13.8 Å². The molecule has 1 aliphatic heterocycles. The van der Waals surface area contributed by atoms with Crippen LogP contribution in [-0.4, -0.2) is 36.1 Å². The fourth-order valence-electron chi connectivity index (χ4n) is 2.47. The summed E-state index contributed by atoms with van der Waals surface area (Å²) in [5.41, 5.74) is 0.262. The predicted molar refractivity (Wildman–Crippen MR) is 70.4 cm³/mol. The van der Waals surface area contributed by atoms with Gasteiger partial charge < -0.3 is 5.32 Å². The molecular weight excluding hydrogens is 196 g/mol. The highest BCUT2D eigenvalue weighted by atomic mass is 15.2. The van der Waals surface area contributed by atoms with Crippen molar-refractivity contribution in [2.75, 3.05) is 19.6 Å². The van der Waals surface area contributed by atoms with E-state index in [-0.39, 0.29) is 5.54 Å². The van der Waals surface area contributed by atoms with Crippen LogP contribution in [-0.2, 0) is 0 Å². The summed E-state index contributed by atoms with van der Waals surface area (Å²) in [4.78, 5) is 2.59. The summed E-state index contributed by atoms with van der Waals surface area (Å²) in [7, 11) is 0. The first-order chi connectivity index (χ1) is 7.65. The van der Waals surface area contributed by atoms with E-state index in [9.17, 15) is 0 Å². The molecule has 0 saturated carbocycles. The standard InChI is InChI=1S/C14H26N2/c1-5-9-13(6-2)16-11-8-10-15-14(4,7-3)12-16/h1,13,15H,6-12H2,2-4H3. The molecule has 0 aliphatic carbocycles. The lowest BCUT2D eigenvalue weighted by molar-refractivity contribution is 0.157. The molecule has 0 amide bonds. The molecule has 1 rings (SSSR count). The van der Waals surface area contributed by atoms with Crippen molar-refractivity contribution in [3.05, 3.63) is 0 Å². The van der Waals surface area contributed by atoms with E-state index < -0.39 is 0 Å². The van der Waals surface area contributed by atoms with E-state index in [4.69, 9.17) is 6.42 Å². The van der Waals surface area contributed by atoms with E-state index in [2.05, 4.69) is 36.9 Å². The fraction of sp³-hybridized carbons (Fsp3) is 0.857. The highest BCUT2D eigenvalue weighted by Gasteiger charge is 2.29. The van der Waals surface area contributed by atoms with Gasteiger partial charge in [0, 0.05) is 24.5 Å². The zero-order chi connectivity index (χ0) is 12.0. The molecular formula is C14H26N2. The van der Waals surface area contributed by atoms with Gasteiger partial charge in [0.2, 0.25) is 0 Å². The summed E-state index contributed by atoms with van der Waals surface area (Å²) in [5.74, 6) is 2.82. The zero-order valence-corrected chi connectivity index (χ0v) is 11.1. The van der Waals surface area contributed by atoms with Gasteiger partial charge in [0.25, 0.3) is 0 Å². The third kappa shape index (κ3) is 3.50. The Balaban J connectivity index is 2.67. The fourth-order valence-corrected chi connectivity index (χ4v) is 2.47. The first-order valence-electron chi connectivity index (χ1n) is 6.57. The first kappa shape index (κ1) is 13.5. The normalized spacial score (nSPS) is 29.4. The Labute approximate surface area is 101 Å². The van der Waals surface area contributed by atoms with E-state index in [1.54, 1.807) is 0 Å². The lowest BCUT2D eigenvalue weighted by Crippen LogP contribution is -2.50. The Bertz CT molecular complexity index is 244. The molecule has 0 aromatic heterocycles. The van der Waals surface area contributed by atoms with Crippen molar-refractivity contribution >= 4 is 0 Å². The van der Waals surface area contributed by atoms with Crippen LogP contribution in [0.25, 0.3) is 0 Å². The SMILES string of the molecule is C#CCC(CC)N1CCCNC(C)(CC)C1. The average Bonchev–Trinajstić information content (AvgIpc) is 2.49. The molecule has 1 heterocycles. The van der Waals surface area contributed by atoms with Crippen LogP contribution in [0.15, 0.2) is 0 Å². The van der Waals surface area contributed by atoms with Crippen molar-refractivity contribution in [1.29, 1.82) is 0 Å². The maximum absolute atomic E-state index is 5.46. The molecule has 0 aromatic carbocycles. The third-order valence-electron chi connectivity index (χ3n) is 3.85. The first-order valence-corrected chi connectivity index (χ1v) is 6.57. The van der Waals surface area contributed by atoms with E-state index in [1.165, 1.54) is 19.4 Å². The van der Waals surface area contributed by atoms with Gasteiger partial charge in [0.05, 0.1) is 0 Å². The molecule has 2 unspecified atom stereocenters. The highest BCUT2D eigenvalue weighted by molar-refractivity contribution is 4.94. The summed E-state index contributed by atoms with van der Waals surface area (Å²) in [5, 5.41) is 3.67. The van der Waals surface area contributed by atoms with Crippen LogP contribution < -0.4 is 5.32 Å². The Hall–Kier alpha value is -0.520. The van der Waals surface area contributed by atoms with Gasteiger partial charge in [0.15, 0.2) is 0 Å². The van der Waals surface area contributed by atoms with E-state index in [0.29, 0.717) is 6.04 Å². The second kappa shape index (κ2) is 6.27. The van der Waals surface area contributed by atoms with Gasteiger partial charge in [-0.15, -0.1) is 12.3 Å². The minimum absolute atomic E-state index is 0.262. The van der Waals surface area contributed by atoms with Gasteiger partial charge in [-0.25, -0.2) is 0 Å². The smallest absolute Gasteiger partial charge is 0.0277 e. The molecule has 16 heavy (non-hydrogen) atoms. The van der Waals surface area contributed by atoms with E-state index in [1.807, 2.05) is 0 Å². The molecule has 1 saturated heterocycles. The molecule has 1 fully saturated rings. The summed E-state index contributed by atoms with van der Waals surface area (Å²) in [6.45, 7) is 10.3. The van der Waals surface area contributed by atoms with Crippen LogP contribution in [0.5, 0.6) is 0 Å². The van der Waals surface area contributed by atoms with Crippen LogP contribution in [0.2, 0.25) is 0 Å². The van der Waals surface area contributed by atoms with Crippen molar-refractivity contribution < 1.29 is 0 Å². The molecule has 0 bridgehead atoms. The largest absolute Gasteiger partial charge is 0.310 e. The summed E-state index contributed by atoms with van der Waals surface area (Å²) in [6.07, 6.45) is 9.91. The van der Waals surface area contributed by atoms with Crippen LogP contribution >= 0.6 is 0 Å². The van der Waals surface area contributed by atoms with E-state index in [0.717, 1.165) is 25.9 Å². The molecule has 0 aromatic rings. The quantitative estimate of drug-likeness (QED) is 0.734. The molecule has 1 N–H and O–H groups in total. The Morgan fingerprint density at radius 2 is 2.25 bits per heavy atom. The van der Waals surface area contributed by atoms with Crippen LogP contribution in [0.4, 0.5) is 0 Å². The van der Waals surface area contributed by atoms with Crippen molar-refractivity contribution in [2.24, 2.45) is 0 Å². The maximum Gasteiger partial charge on any atom is 0.0277 e. The van der Waals surface area contributed by atoms with Crippen LogP contribution in [0.1, 0.15) is 46.5 Å². The second-order valence-corrected chi connectivity index (χ2v) is 5.14. The van der Waals surface area contributed by atoms with Gasteiger partial charge in [-0.2, -0.15) is 0 Å². The summed E-state index contributed by atoms with van der Waals surface area (Å²) >= 11 is 0. The summed E-state index contributed by atoms with van der Waals surface area (Å²) in [6, 6.07) is 0.566. The lowest BCUT2D eigenvalue weighted by atomic mass is 9.97. The van der Waals surface area contributed by atoms with Crippen molar-refractivity contribution in [1.82, 2.24) is 10.2 Å². The molecule has 0 radical (unpaired) electrons. The van der Waals surface area contributed by atoms with Crippen LogP contribution in [0.3, 0.4) is 0 Å². The number of terminal acetylenes is 1. The molecule has 2 atom stereocenters. The van der Waals surface area contributed by atoms with E-state index >= 15 is 0 Å². The Morgan fingerprint density at radius 3 is 2.81 bits per heavy atom. The number of nitrogens with zero attached hydrogens (tertiary/aromatic N) is 1. The van der Waals surface area contributed by atoms with Gasteiger partial charge >= 0.3 is 0 Å². The highest BCUT2D eigenvalue weighted by Crippen LogP contribution is 2.19. The minimum atomic E-state index is 0.262. The number of rotatable bonds is 4. The monoisotopic (exact) mass is 222 g/mol. The summed E-state index contributed by atoms with van der Waals surface area (Å²) < 4.78 is 0. The van der Waals surface area contributed by atoms with Gasteiger partial charge in [-0.05, 0) is 39.3 Å². The van der Waals surface area contributed by atoms with Crippen molar-refractivity contribution in [3.63, 3.8) is 0 Å². The predicted octanol–water partition coefficient (Wildman–Crippen LogP) is 2.25. The maximum atomic E-state index is 5.46. The topological polar surface area (TPSA) is 15.3 Å². The molecule has 1 aliphatic rings. The van der Waals surface area contributed by atoms with Crippen molar-refractivity contribution in [2.45, 2.75) is 58.0 Å². The number of hydrogen-bond acceptors (Lipinski definition) is 2. The number of nitrogens with one attached hydrogen (secondary N) is 1. The Kier molecular flexibility index (Phi) is 5.31. The average molecular weight is 222 g/mol. The molecule has 2 nitrogen and oxygen atoms in total. The second-order valence-electron chi connectivity index (χ2n) is 5.14. The lowest BCUT2D eigenvalue weighted by Gasteiger charge is -2.36. The minimum Gasteiger partial charge on any atom is -0.310 e. The number of hydrogen-bond donors (Lipinski definition) is 1. The molecule has 2 heteroatoms. The van der Waals surface area contributed by atoms with Crippen molar-refractivity contribution in [3.8, 4) is 12.3 Å². The molecule has 92 valence electrons. The third-order valence-corrected chi connectivity index (χ3v) is 3.85. The van der Waals surface area contributed by atoms with Crippen LogP contribution in [0, 0.1) is 12.3 Å². The molecule has 0 spiro atoms. The van der Waals surface area contributed by atoms with Gasteiger partial charge in [0.1, 0.15) is 0 Å². The Morgan fingerprint density at radius 1 is 1.50 bits per heavy atom.